The fourth-order valence-corrected chi connectivity index (χ4v) is 6.07. The van der Waals surface area contributed by atoms with Crippen molar-refractivity contribution in [3.63, 3.8) is 0 Å². The maximum atomic E-state index is 12.4. The SMILES string of the molecule is COc1c(C)c2c(c(OCc3ccccc3)c1CCOP(=O)(O)CP(=O)(O)O)C(=O)OC2. The second-order valence-corrected chi connectivity index (χ2v) is 11.2. The summed E-state index contributed by atoms with van der Waals surface area (Å²) in [7, 11) is -7.83. The number of methoxy groups -OCH3 is 1. The second kappa shape index (κ2) is 9.75. The molecule has 1 aliphatic heterocycles. The van der Waals surface area contributed by atoms with Crippen molar-refractivity contribution in [2.75, 3.05) is 19.6 Å². The van der Waals surface area contributed by atoms with Crippen LogP contribution in [0.4, 0.5) is 0 Å². The number of cyclic esters (lactones) is 1. The van der Waals surface area contributed by atoms with Gasteiger partial charge in [-0.3, -0.25) is 9.13 Å². The van der Waals surface area contributed by atoms with E-state index in [2.05, 4.69) is 0 Å². The Hall–Kier alpha value is -2.19. The number of benzene rings is 2. The molecule has 10 nitrogen and oxygen atoms in total. The Bertz CT molecular complexity index is 1090. The second-order valence-electron chi connectivity index (χ2n) is 7.20. The lowest BCUT2D eigenvalue weighted by molar-refractivity contribution is 0.0531. The highest BCUT2D eigenvalue weighted by molar-refractivity contribution is 7.70. The van der Waals surface area contributed by atoms with Crippen LogP contribution < -0.4 is 9.47 Å². The quantitative estimate of drug-likeness (QED) is 0.338. The molecule has 0 fully saturated rings. The van der Waals surface area contributed by atoms with Gasteiger partial charge in [0.2, 0.25) is 0 Å². The van der Waals surface area contributed by atoms with Crippen LogP contribution in [0.5, 0.6) is 11.5 Å². The minimum absolute atomic E-state index is 0.0135. The molecular formula is C20H24O10P2. The molecule has 3 N–H and O–H groups in total. The third-order valence-corrected chi connectivity index (χ3v) is 8.35. The van der Waals surface area contributed by atoms with Crippen molar-refractivity contribution < 1.29 is 47.3 Å². The van der Waals surface area contributed by atoms with Gasteiger partial charge in [0.1, 0.15) is 30.3 Å². The zero-order chi connectivity index (χ0) is 23.5. The van der Waals surface area contributed by atoms with Gasteiger partial charge in [-0.2, -0.15) is 0 Å². The van der Waals surface area contributed by atoms with E-state index in [9.17, 15) is 18.8 Å². The van der Waals surface area contributed by atoms with Crippen LogP contribution in [0.1, 0.15) is 32.6 Å². The van der Waals surface area contributed by atoms with Crippen LogP contribution in [0.15, 0.2) is 30.3 Å². The summed E-state index contributed by atoms with van der Waals surface area (Å²) in [6, 6.07) is 9.28. The van der Waals surface area contributed by atoms with E-state index in [0.29, 0.717) is 22.4 Å². The first-order valence-electron chi connectivity index (χ1n) is 9.59. The number of ether oxygens (including phenoxy) is 3. The molecule has 0 aliphatic carbocycles. The van der Waals surface area contributed by atoms with E-state index in [1.807, 2.05) is 30.3 Å². The van der Waals surface area contributed by atoms with Crippen LogP contribution >= 0.6 is 15.2 Å². The van der Waals surface area contributed by atoms with E-state index in [-0.39, 0.29) is 37.6 Å². The zero-order valence-corrected chi connectivity index (χ0v) is 19.3. The maximum Gasteiger partial charge on any atom is 0.342 e. The van der Waals surface area contributed by atoms with Crippen molar-refractivity contribution in [1.29, 1.82) is 0 Å². The predicted octanol–water partition coefficient (Wildman–Crippen LogP) is 3.13. The highest BCUT2D eigenvalue weighted by Gasteiger charge is 2.34. The third-order valence-electron chi connectivity index (χ3n) is 4.86. The van der Waals surface area contributed by atoms with Crippen molar-refractivity contribution in [2.45, 2.75) is 26.6 Å². The number of hydrogen-bond donors (Lipinski definition) is 3. The first kappa shape index (κ1) is 24.5. The monoisotopic (exact) mass is 486 g/mol. The lowest BCUT2D eigenvalue weighted by atomic mass is 9.95. The lowest BCUT2D eigenvalue weighted by Crippen LogP contribution is -2.11. The van der Waals surface area contributed by atoms with Crippen LogP contribution in [0.2, 0.25) is 0 Å². The fraction of sp³-hybridized carbons (Fsp3) is 0.350. The number of fused-ring (bicyclic) bond motifs is 1. The summed E-state index contributed by atoms with van der Waals surface area (Å²) in [4.78, 5) is 40.1. The van der Waals surface area contributed by atoms with Crippen molar-refractivity contribution in [3.8, 4) is 11.5 Å². The number of esters is 1. The van der Waals surface area contributed by atoms with E-state index in [1.54, 1.807) is 6.92 Å². The molecule has 1 unspecified atom stereocenters. The molecule has 0 saturated heterocycles. The molecule has 2 aromatic rings. The molecule has 1 heterocycles. The molecule has 0 bridgehead atoms. The Balaban J connectivity index is 1.93. The van der Waals surface area contributed by atoms with Crippen molar-refractivity contribution in [1.82, 2.24) is 0 Å². The van der Waals surface area contributed by atoms with Gasteiger partial charge < -0.3 is 33.4 Å². The molecule has 0 amide bonds. The van der Waals surface area contributed by atoms with Gasteiger partial charge in [0.15, 0.2) is 5.90 Å². The fourth-order valence-electron chi connectivity index (χ4n) is 3.50. The molecule has 3 rings (SSSR count). The Kier molecular flexibility index (Phi) is 7.45. The summed E-state index contributed by atoms with van der Waals surface area (Å²) in [5, 5.41) is 0. The molecule has 1 atom stereocenters. The van der Waals surface area contributed by atoms with Gasteiger partial charge >= 0.3 is 21.2 Å². The van der Waals surface area contributed by atoms with E-state index in [4.69, 9.17) is 28.5 Å². The highest BCUT2D eigenvalue weighted by Crippen LogP contribution is 2.55. The Morgan fingerprint density at radius 3 is 2.41 bits per heavy atom. The summed E-state index contributed by atoms with van der Waals surface area (Å²) in [6.45, 7) is 1.62. The minimum atomic E-state index is -4.74. The van der Waals surface area contributed by atoms with Gasteiger partial charge in [0.25, 0.3) is 0 Å². The predicted molar refractivity (Wildman–Crippen MR) is 114 cm³/mol. The first-order valence-corrected chi connectivity index (χ1v) is 13.2. The highest BCUT2D eigenvalue weighted by atomic mass is 31.2. The molecule has 0 aromatic heterocycles. The number of rotatable bonds is 10. The molecule has 1 aliphatic rings. The first-order chi connectivity index (χ1) is 15.0. The molecule has 0 spiro atoms. The van der Waals surface area contributed by atoms with Crippen LogP contribution in [0, 0.1) is 6.92 Å². The van der Waals surface area contributed by atoms with Crippen molar-refractivity contribution in [2.24, 2.45) is 0 Å². The molecule has 12 heteroatoms. The van der Waals surface area contributed by atoms with Crippen LogP contribution in [-0.4, -0.2) is 40.3 Å². The van der Waals surface area contributed by atoms with Crippen LogP contribution in [0.25, 0.3) is 0 Å². The summed E-state index contributed by atoms with van der Waals surface area (Å²) in [6.07, 6.45) is -0.0135. The summed E-state index contributed by atoms with van der Waals surface area (Å²) < 4.78 is 44.7. The Morgan fingerprint density at radius 1 is 1.09 bits per heavy atom. The standard InChI is InChI=1S/C20H24O10P2/c1-13-16-11-29-20(21)17(16)19(28-10-14-6-4-3-5-7-14)15(18(13)27-2)8-9-30-32(25,26)12-31(22,23)24/h3-7H,8-12H2,1-2H3,(H,25,26)(H2,22,23,24). The smallest absolute Gasteiger partial charge is 0.342 e. The van der Waals surface area contributed by atoms with E-state index >= 15 is 0 Å². The van der Waals surface area contributed by atoms with E-state index < -0.39 is 27.1 Å². The van der Waals surface area contributed by atoms with Crippen molar-refractivity contribution in [3.05, 3.63) is 58.1 Å². The molecule has 2 aromatic carbocycles. The number of carbonyl (C=O) groups is 1. The zero-order valence-electron chi connectivity index (χ0n) is 17.5. The van der Waals surface area contributed by atoms with Crippen LogP contribution in [-0.2, 0) is 38.0 Å². The Labute approximate surface area is 184 Å². The van der Waals surface area contributed by atoms with Gasteiger partial charge in [-0.1, -0.05) is 30.3 Å². The largest absolute Gasteiger partial charge is 0.496 e. The summed E-state index contributed by atoms with van der Waals surface area (Å²) in [5.41, 5.74) is 2.84. The van der Waals surface area contributed by atoms with E-state index in [1.165, 1.54) is 7.11 Å². The molecule has 0 radical (unpaired) electrons. The van der Waals surface area contributed by atoms with E-state index in [0.717, 1.165) is 5.56 Å². The lowest BCUT2D eigenvalue weighted by Gasteiger charge is -2.20. The number of carbonyl (C=O) groups excluding carboxylic acids is 1. The van der Waals surface area contributed by atoms with Crippen molar-refractivity contribution >= 4 is 21.2 Å². The van der Waals surface area contributed by atoms with Gasteiger partial charge in [0, 0.05) is 17.5 Å². The average molecular weight is 486 g/mol. The summed E-state index contributed by atoms with van der Waals surface area (Å²) in [5.74, 6) is -1.20. The summed E-state index contributed by atoms with van der Waals surface area (Å²) >= 11 is 0. The van der Waals surface area contributed by atoms with Gasteiger partial charge in [-0.05, 0) is 18.1 Å². The third kappa shape index (κ3) is 5.78. The molecular weight excluding hydrogens is 462 g/mol. The molecule has 32 heavy (non-hydrogen) atoms. The van der Waals surface area contributed by atoms with Gasteiger partial charge in [0.05, 0.1) is 13.7 Å². The van der Waals surface area contributed by atoms with Crippen LogP contribution in [0.3, 0.4) is 0 Å². The molecule has 174 valence electrons. The Morgan fingerprint density at radius 2 is 1.78 bits per heavy atom. The van der Waals surface area contributed by atoms with Gasteiger partial charge in [-0.25, -0.2) is 4.79 Å². The van der Waals surface area contributed by atoms with Gasteiger partial charge in [-0.15, -0.1) is 0 Å². The minimum Gasteiger partial charge on any atom is -0.496 e. The topological polar surface area (TPSA) is 149 Å². The molecule has 0 saturated carbocycles. The normalized spacial score (nSPS) is 15.1. The number of hydrogen-bond acceptors (Lipinski definition) is 7. The average Bonchev–Trinajstić information content (AvgIpc) is 3.08. The maximum absolute atomic E-state index is 12.4.